The van der Waals surface area contributed by atoms with Gasteiger partial charge >= 0.3 is 11.9 Å². The molecular weight excluding hydrogens is 715 g/mol. The predicted molar refractivity (Wildman–Crippen MR) is 236 cm³/mol. The first-order valence-electron chi connectivity index (χ1n) is 22.8. The number of carbonyl (C=O) groups excluding carboxylic acids is 3. The van der Waals surface area contributed by atoms with Gasteiger partial charge in [0, 0.05) is 19.3 Å². The molecule has 0 heterocycles. The Labute approximate surface area is 349 Å². The number of nitrogens with zero attached hydrogens (tertiary/aromatic N) is 1. The monoisotopic (exact) mass is 800 g/mol. The summed E-state index contributed by atoms with van der Waals surface area (Å²) in [5.41, 5.74) is 0. The number of hydrogen-bond donors (Lipinski definition) is 0. The van der Waals surface area contributed by atoms with Gasteiger partial charge in [-0.1, -0.05) is 158 Å². The minimum absolute atomic E-state index is 0.0155. The summed E-state index contributed by atoms with van der Waals surface area (Å²) in [5, 5.41) is 11.6. The van der Waals surface area contributed by atoms with Gasteiger partial charge in [-0.25, -0.2) is 0 Å². The maximum atomic E-state index is 12.7. The number of rotatable bonds is 40. The van der Waals surface area contributed by atoms with Crippen molar-refractivity contribution in [3.8, 4) is 0 Å². The lowest BCUT2D eigenvalue weighted by Gasteiger charge is -2.34. The van der Waals surface area contributed by atoms with Gasteiger partial charge < -0.3 is 28.6 Å². The maximum Gasteiger partial charge on any atom is 0.306 e. The molecule has 0 rings (SSSR count). The van der Waals surface area contributed by atoms with Crippen LogP contribution in [0.25, 0.3) is 0 Å². The molecule has 0 spiro atoms. The Morgan fingerprint density at radius 2 is 1.02 bits per heavy atom. The van der Waals surface area contributed by atoms with E-state index in [1.807, 2.05) is 6.08 Å². The second-order valence-electron chi connectivity index (χ2n) is 16.3. The van der Waals surface area contributed by atoms with E-state index >= 15 is 0 Å². The third kappa shape index (κ3) is 38.3. The molecule has 0 saturated heterocycles. The highest BCUT2D eigenvalue weighted by molar-refractivity contribution is 5.70. The fourth-order valence-electron chi connectivity index (χ4n) is 6.37. The van der Waals surface area contributed by atoms with Gasteiger partial charge in [0.1, 0.15) is 12.6 Å². The van der Waals surface area contributed by atoms with Gasteiger partial charge in [-0.15, -0.1) is 0 Å². The molecule has 0 fully saturated rings. The van der Waals surface area contributed by atoms with Gasteiger partial charge in [0.15, 0.2) is 6.10 Å². The summed E-state index contributed by atoms with van der Waals surface area (Å²) in [7, 11) is 5.38. The van der Waals surface area contributed by atoms with Crippen molar-refractivity contribution in [1.82, 2.24) is 0 Å². The van der Waals surface area contributed by atoms with Gasteiger partial charge in [-0.3, -0.25) is 9.59 Å². The Balaban J connectivity index is 4.34. The summed E-state index contributed by atoms with van der Waals surface area (Å²) in [4.78, 5) is 36.8. The number of unbranched alkanes of at least 4 members (excludes halogenated alkanes) is 16. The number of quaternary nitrogens is 1. The van der Waals surface area contributed by atoms with E-state index in [9.17, 15) is 19.5 Å². The average molecular weight is 800 g/mol. The fourth-order valence-corrected chi connectivity index (χ4v) is 6.37. The largest absolute Gasteiger partial charge is 0.544 e. The fraction of sp³-hybridized carbons (Fsp3) is 0.735. The van der Waals surface area contributed by atoms with E-state index in [0.29, 0.717) is 12.8 Å². The number of ether oxygens (including phenoxy) is 3. The lowest BCUT2D eigenvalue weighted by atomic mass is 10.1. The van der Waals surface area contributed by atoms with Crippen LogP contribution in [0.3, 0.4) is 0 Å². The van der Waals surface area contributed by atoms with E-state index in [1.54, 1.807) is 21.1 Å². The molecule has 2 unspecified atom stereocenters. The van der Waals surface area contributed by atoms with E-state index in [1.165, 1.54) is 89.9 Å². The van der Waals surface area contributed by atoms with Crippen LogP contribution in [0.4, 0.5) is 0 Å². The molecule has 0 aliphatic carbocycles. The lowest BCUT2D eigenvalue weighted by Crippen LogP contribution is -2.55. The second-order valence-corrected chi connectivity index (χ2v) is 16.3. The molecule has 8 heteroatoms. The number of esters is 2. The van der Waals surface area contributed by atoms with Crippen LogP contribution in [-0.4, -0.2) is 75.5 Å². The first-order chi connectivity index (χ1) is 27.6. The summed E-state index contributed by atoms with van der Waals surface area (Å²) in [6, 6.07) is -0.736. The van der Waals surface area contributed by atoms with Crippen molar-refractivity contribution >= 4 is 17.9 Å². The van der Waals surface area contributed by atoms with Gasteiger partial charge in [0.05, 0.1) is 40.3 Å². The van der Waals surface area contributed by atoms with Crippen molar-refractivity contribution in [2.24, 2.45) is 0 Å². The van der Waals surface area contributed by atoms with Crippen molar-refractivity contribution < 1.29 is 38.2 Å². The third-order valence-corrected chi connectivity index (χ3v) is 9.90. The molecular formula is C49H85NO7. The molecule has 57 heavy (non-hydrogen) atoms. The number of aliphatic carboxylic acids is 1. The Hall–Kier alpha value is -2.97. The van der Waals surface area contributed by atoms with E-state index in [-0.39, 0.29) is 49.1 Å². The molecule has 0 aliphatic heterocycles. The second kappa shape index (κ2) is 39.8. The zero-order valence-electron chi connectivity index (χ0n) is 37.2. The minimum atomic E-state index is -1.13. The van der Waals surface area contributed by atoms with Crippen LogP contribution >= 0.6 is 0 Å². The zero-order valence-corrected chi connectivity index (χ0v) is 37.2. The van der Waals surface area contributed by atoms with Crippen molar-refractivity contribution in [1.29, 1.82) is 0 Å². The van der Waals surface area contributed by atoms with Crippen LogP contribution < -0.4 is 5.11 Å². The van der Waals surface area contributed by atoms with E-state index < -0.39 is 18.1 Å². The maximum absolute atomic E-state index is 12.7. The summed E-state index contributed by atoms with van der Waals surface area (Å²) >= 11 is 0. The van der Waals surface area contributed by atoms with Gasteiger partial charge in [0.2, 0.25) is 0 Å². The Kier molecular flexibility index (Phi) is 37.8. The molecule has 0 amide bonds. The van der Waals surface area contributed by atoms with Gasteiger partial charge in [-0.05, 0) is 64.2 Å². The number of carbonyl (C=O) groups is 3. The molecule has 0 aliphatic rings. The van der Waals surface area contributed by atoms with E-state index in [0.717, 1.165) is 51.4 Å². The topological polar surface area (TPSA) is 102 Å². The van der Waals surface area contributed by atoms with E-state index in [4.69, 9.17) is 14.2 Å². The molecule has 2 atom stereocenters. The van der Waals surface area contributed by atoms with Crippen LogP contribution in [0.2, 0.25) is 0 Å². The Morgan fingerprint density at radius 1 is 0.544 bits per heavy atom. The summed E-state index contributed by atoms with van der Waals surface area (Å²) < 4.78 is 17.1. The highest BCUT2D eigenvalue weighted by Gasteiger charge is 2.25. The molecule has 0 bridgehead atoms. The number of likely N-dealkylation sites (N-methyl/N-ethyl adjacent to an activating group) is 1. The van der Waals surface area contributed by atoms with E-state index in [2.05, 4.69) is 68.5 Å². The molecule has 0 radical (unpaired) electrons. The average Bonchev–Trinajstić information content (AvgIpc) is 3.17. The first kappa shape index (κ1) is 54.0. The minimum Gasteiger partial charge on any atom is -0.544 e. The predicted octanol–water partition coefficient (Wildman–Crippen LogP) is 11.2. The van der Waals surface area contributed by atoms with Crippen molar-refractivity contribution in [2.75, 3.05) is 41.0 Å². The van der Waals surface area contributed by atoms with Crippen LogP contribution in [0.15, 0.2) is 60.8 Å². The van der Waals surface area contributed by atoms with Crippen molar-refractivity contribution in [3.05, 3.63) is 60.8 Å². The zero-order chi connectivity index (χ0) is 42.1. The summed E-state index contributed by atoms with van der Waals surface area (Å²) in [6.45, 7) is 4.47. The van der Waals surface area contributed by atoms with Crippen LogP contribution in [-0.2, 0) is 28.6 Å². The Bertz CT molecular complexity index is 1120. The van der Waals surface area contributed by atoms with Gasteiger partial charge in [-0.2, -0.15) is 0 Å². The van der Waals surface area contributed by atoms with Gasteiger partial charge in [0.25, 0.3) is 0 Å². The number of carboxylic acids is 1. The summed E-state index contributed by atoms with van der Waals surface area (Å²) in [6.07, 6.45) is 48.3. The molecule has 0 aromatic heterocycles. The number of hydrogen-bond acceptors (Lipinski definition) is 7. The molecule has 0 aromatic carbocycles. The standard InChI is InChI=1S/C49H85NO7/c1-6-8-10-12-14-16-18-20-21-22-23-24-25-26-28-29-31-33-35-37-39-47(51)56-44-45(43-55-42-41-46(49(53)54)50(3,4)5)57-48(52)40-38-36-34-32-30-27-19-17-15-13-11-9-7-2/h8,10,14,16,20-21,27,30,34,36,45-46H,6-7,9,11-13,15,17-19,22-26,28-29,31-33,35,37-44H2,1-5H3/b10-8+,16-14+,21-20+,30-27+,36-34+. The van der Waals surface area contributed by atoms with Crippen LogP contribution in [0.5, 0.6) is 0 Å². The van der Waals surface area contributed by atoms with Crippen molar-refractivity contribution in [3.63, 3.8) is 0 Å². The SMILES string of the molecule is CC/C=C/C/C=C/C/C=C/CCCCCCCCCCCCC(=O)OCC(COCCC(C(=O)[O-])[N+](C)(C)C)OC(=O)CC/C=C/C/C=C/CCCCCCCC. The highest BCUT2D eigenvalue weighted by atomic mass is 16.6. The molecule has 0 N–H and O–H groups in total. The number of carboxylic acid groups (broad SMARTS) is 1. The Morgan fingerprint density at radius 3 is 1.53 bits per heavy atom. The lowest BCUT2D eigenvalue weighted by molar-refractivity contribution is -0.889. The quantitative estimate of drug-likeness (QED) is 0.0263. The molecule has 0 aromatic rings. The van der Waals surface area contributed by atoms with Crippen LogP contribution in [0.1, 0.15) is 181 Å². The van der Waals surface area contributed by atoms with Crippen LogP contribution in [0, 0.1) is 0 Å². The molecule has 328 valence electrons. The third-order valence-electron chi connectivity index (χ3n) is 9.90. The highest BCUT2D eigenvalue weighted by Crippen LogP contribution is 2.14. The molecule has 8 nitrogen and oxygen atoms in total. The normalized spacial score (nSPS) is 13.5. The first-order valence-corrected chi connectivity index (χ1v) is 22.8. The smallest absolute Gasteiger partial charge is 0.306 e. The summed E-state index contributed by atoms with van der Waals surface area (Å²) in [5.74, 6) is -1.83. The number of allylic oxidation sites excluding steroid dienone is 10. The molecule has 0 saturated carbocycles. The van der Waals surface area contributed by atoms with Crippen molar-refractivity contribution in [2.45, 2.75) is 193 Å².